The fourth-order valence-electron chi connectivity index (χ4n) is 1.62. The van der Waals surface area contributed by atoms with Crippen LogP contribution in [0.2, 0.25) is 5.02 Å². The smallest absolute Gasteiger partial charge is 0.320 e. The molecule has 0 amide bonds. The molecule has 0 saturated carbocycles. The minimum Gasteiger partial charge on any atom is -0.489 e. The molecule has 0 bridgehead atoms. The third kappa shape index (κ3) is 3.93. The molecule has 6 heteroatoms. The first-order valence-electron chi connectivity index (χ1n) is 6.18. The van der Waals surface area contributed by atoms with Gasteiger partial charge in [-0.2, -0.15) is 0 Å². The maximum absolute atomic E-state index is 13.9. The highest BCUT2D eigenvalue weighted by Crippen LogP contribution is 2.32. The van der Waals surface area contributed by atoms with Crippen molar-refractivity contribution in [1.82, 2.24) is 0 Å². The fraction of sp³-hybridized carbons (Fsp3) is 0.429. The van der Waals surface area contributed by atoms with Gasteiger partial charge in [0.15, 0.2) is 0 Å². The first kappa shape index (κ1) is 16.4. The number of carbonyl (C=O) groups is 2. The molecule has 0 fully saturated rings. The van der Waals surface area contributed by atoms with Gasteiger partial charge in [-0.15, -0.1) is 0 Å². The summed E-state index contributed by atoms with van der Waals surface area (Å²) in [5.41, 5.74) is -0.112. The summed E-state index contributed by atoms with van der Waals surface area (Å²) < 4.78 is 24.1. The molecule has 0 aliphatic rings. The normalized spacial score (nSPS) is 12.1. The van der Waals surface area contributed by atoms with Crippen molar-refractivity contribution in [2.45, 2.75) is 32.8 Å². The second-order valence-corrected chi connectivity index (χ2v) is 4.74. The SMILES string of the molecule is CCOC(=O)C(C=O)c1cc(OC(C)C)c(Cl)cc1F. The molecule has 0 aliphatic carbocycles. The highest BCUT2D eigenvalue weighted by molar-refractivity contribution is 6.32. The molecule has 0 heterocycles. The van der Waals surface area contributed by atoms with Crippen LogP contribution in [0, 0.1) is 5.82 Å². The Morgan fingerprint density at radius 3 is 2.60 bits per heavy atom. The van der Waals surface area contributed by atoms with E-state index in [9.17, 15) is 14.0 Å². The average Bonchev–Trinajstić information content (AvgIpc) is 2.35. The Morgan fingerprint density at radius 2 is 2.10 bits per heavy atom. The van der Waals surface area contributed by atoms with Crippen molar-refractivity contribution in [3.63, 3.8) is 0 Å². The van der Waals surface area contributed by atoms with Crippen molar-refractivity contribution in [3.05, 3.63) is 28.5 Å². The quantitative estimate of drug-likeness (QED) is 0.460. The summed E-state index contributed by atoms with van der Waals surface area (Å²) in [6, 6.07) is 2.28. The molecule has 1 rings (SSSR count). The zero-order valence-electron chi connectivity index (χ0n) is 11.5. The van der Waals surface area contributed by atoms with E-state index in [2.05, 4.69) is 0 Å². The Hall–Kier alpha value is -1.62. The number of benzene rings is 1. The minimum absolute atomic E-state index is 0.0773. The molecule has 0 N–H and O–H groups in total. The number of rotatable bonds is 6. The molecule has 110 valence electrons. The highest BCUT2D eigenvalue weighted by Gasteiger charge is 2.26. The van der Waals surface area contributed by atoms with Crippen LogP contribution in [0.25, 0.3) is 0 Å². The molecule has 0 radical (unpaired) electrons. The predicted octanol–water partition coefficient (Wildman–Crippen LogP) is 3.11. The zero-order valence-corrected chi connectivity index (χ0v) is 12.2. The molecule has 1 unspecified atom stereocenters. The van der Waals surface area contributed by atoms with Crippen molar-refractivity contribution in [3.8, 4) is 5.75 Å². The van der Waals surface area contributed by atoms with E-state index in [0.717, 1.165) is 6.07 Å². The van der Waals surface area contributed by atoms with Gasteiger partial charge in [0.25, 0.3) is 0 Å². The molecule has 1 aromatic rings. The fourth-order valence-corrected chi connectivity index (χ4v) is 1.81. The van der Waals surface area contributed by atoms with Crippen LogP contribution in [0.5, 0.6) is 5.75 Å². The van der Waals surface area contributed by atoms with Crippen LogP contribution < -0.4 is 4.74 Å². The van der Waals surface area contributed by atoms with Crippen LogP contribution in [-0.2, 0) is 14.3 Å². The monoisotopic (exact) mass is 302 g/mol. The number of hydrogen-bond donors (Lipinski definition) is 0. The van der Waals surface area contributed by atoms with Gasteiger partial charge in [-0.05, 0) is 32.9 Å². The lowest BCUT2D eigenvalue weighted by atomic mass is 10.00. The molecule has 20 heavy (non-hydrogen) atoms. The van der Waals surface area contributed by atoms with E-state index in [1.807, 2.05) is 0 Å². The van der Waals surface area contributed by atoms with Crippen molar-refractivity contribution >= 4 is 23.9 Å². The standard InChI is InChI=1S/C14H16ClFO4/c1-4-19-14(18)10(7-17)9-5-13(20-8(2)3)11(15)6-12(9)16/h5-8,10H,4H2,1-3H3. The molecule has 0 saturated heterocycles. The number of aldehydes is 1. The van der Waals surface area contributed by atoms with E-state index < -0.39 is 17.7 Å². The topological polar surface area (TPSA) is 52.6 Å². The molecule has 0 aliphatic heterocycles. The zero-order chi connectivity index (χ0) is 15.3. The Morgan fingerprint density at radius 1 is 1.45 bits per heavy atom. The number of hydrogen-bond acceptors (Lipinski definition) is 4. The summed E-state index contributed by atoms with van der Waals surface area (Å²) in [4.78, 5) is 22.7. The summed E-state index contributed by atoms with van der Waals surface area (Å²) in [7, 11) is 0. The summed E-state index contributed by atoms with van der Waals surface area (Å²) in [5.74, 6) is -2.67. The molecule has 1 aromatic carbocycles. The molecule has 1 atom stereocenters. The van der Waals surface area contributed by atoms with E-state index in [-0.39, 0.29) is 29.0 Å². The van der Waals surface area contributed by atoms with Crippen molar-refractivity contribution in [2.24, 2.45) is 0 Å². The number of carbonyl (C=O) groups excluding carboxylic acids is 2. The Balaban J connectivity index is 3.21. The van der Waals surface area contributed by atoms with Crippen LogP contribution >= 0.6 is 11.6 Å². The van der Waals surface area contributed by atoms with E-state index in [4.69, 9.17) is 21.1 Å². The number of esters is 1. The van der Waals surface area contributed by atoms with Gasteiger partial charge in [0.1, 0.15) is 23.8 Å². The second kappa shape index (κ2) is 7.24. The minimum atomic E-state index is -1.33. The third-order valence-corrected chi connectivity index (χ3v) is 2.72. The summed E-state index contributed by atoms with van der Waals surface area (Å²) in [6.07, 6.45) is 0.159. The van der Waals surface area contributed by atoms with E-state index in [1.165, 1.54) is 6.07 Å². The molecular weight excluding hydrogens is 287 g/mol. The van der Waals surface area contributed by atoms with E-state index >= 15 is 0 Å². The number of ether oxygens (including phenoxy) is 2. The summed E-state index contributed by atoms with van der Waals surface area (Å²) in [6.45, 7) is 5.27. The van der Waals surface area contributed by atoms with Gasteiger partial charge in [0, 0.05) is 5.56 Å². The maximum atomic E-state index is 13.9. The lowest BCUT2D eigenvalue weighted by Crippen LogP contribution is -2.19. The van der Waals surface area contributed by atoms with Crippen LogP contribution in [0.15, 0.2) is 12.1 Å². The molecule has 0 aromatic heterocycles. The lowest BCUT2D eigenvalue weighted by molar-refractivity contribution is -0.146. The predicted molar refractivity (Wildman–Crippen MR) is 72.6 cm³/mol. The van der Waals surface area contributed by atoms with Gasteiger partial charge < -0.3 is 14.3 Å². The molecule has 4 nitrogen and oxygen atoms in total. The van der Waals surface area contributed by atoms with Gasteiger partial charge in [-0.25, -0.2) is 4.39 Å². The van der Waals surface area contributed by atoms with Gasteiger partial charge in [-0.3, -0.25) is 4.79 Å². The number of halogens is 2. The molecular formula is C14H16ClFO4. The summed E-state index contributed by atoms with van der Waals surface area (Å²) >= 11 is 5.86. The Kier molecular flexibility index (Phi) is 5.95. The Bertz CT molecular complexity index is 502. The van der Waals surface area contributed by atoms with Gasteiger partial charge in [0.05, 0.1) is 17.7 Å². The first-order valence-corrected chi connectivity index (χ1v) is 6.56. The van der Waals surface area contributed by atoms with Crippen LogP contribution in [-0.4, -0.2) is 25.0 Å². The highest BCUT2D eigenvalue weighted by atomic mass is 35.5. The van der Waals surface area contributed by atoms with Crippen molar-refractivity contribution in [2.75, 3.05) is 6.61 Å². The second-order valence-electron chi connectivity index (χ2n) is 4.34. The van der Waals surface area contributed by atoms with Gasteiger partial charge in [0.2, 0.25) is 0 Å². The largest absolute Gasteiger partial charge is 0.489 e. The van der Waals surface area contributed by atoms with Crippen molar-refractivity contribution < 1.29 is 23.5 Å². The van der Waals surface area contributed by atoms with Gasteiger partial charge >= 0.3 is 5.97 Å². The van der Waals surface area contributed by atoms with Gasteiger partial charge in [-0.1, -0.05) is 11.6 Å². The Labute approximate surface area is 121 Å². The van der Waals surface area contributed by atoms with Crippen LogP contribution in [0.4, 0.5) is 4.39 Å². The first-order chi connectivity index (χ1) is 9.40. The maximum Gasteiger partial charge on any atom is 0.320 e. The van der Waals surface area contributed by atoms with Crippen molar-refractivity contribution in [1.29, 1.82) is 0 Å². The average molecular weight is 303 g/mol. The molecule has 0 spiro atoms. The van der Waals surface area contributed by atoms with E-state index in [0.29, 0.717) is 6.29 Å². The van der Waals surface area contributed by atoms with Crippen LogP contribution in [0.3, 0.4) is 0 Å². The summed E-state index contributed by atoms with van der Waals surface area (Å²) in [5, 5.41) is 0.0773. The van der Waals surface area contributed by atoms with Crippen LogP contribution in [0.1, 0.15) is 32.3 Å². The van der Waals surface area contributed by atoms with E-state index in [1.54, 1.807) is 20.8 Å². The third-order valence-electron chi connectivity index (χ3n) is 2.43. The lowest BCUT2D eigenvalue weighted by Gasteiger charge is -2.16.